The number of aliphatic carboxylic acids is 1. The molecule has 0 radical (unpaired) electrons. The van der Waals surface area contributed by atoms with Crippen molar-refractivity contribution in [3.05, 3.63) is 28.2 Å². The molecular weight excluding hydrogens is 290 g/mol. The molecule has 0 bridgehead atoms. The van der Waals surface area contributed by atoms with Gasteiger partial charge in [0.05, 0.1) is 7.11 Å². The largest absolute Gasteiger partial charge is 0.496 e. The third-order valence-electron chi connectivity index (χ3n) is 2.12. The van der Waals surface area contributed by atoms with Gasteiger partial charge in [-0.05, 0) is 30.2 Å². The third kappa shape index (κ3) is 4.07. The van der Waals surface area contributed by atoms with Crippen LogP contribution < -0.4 is 10.1 Å². The van der Waals surface area contributed by atoms with E-state index in [4.69, 9.17) is 9.84 Å². The molecule has 0 aliphatic rings. The van der Waals surface area contributed by atoms with Crippen LogP contribution in [0.2, 0.25) is 0 Å². The number of ether oxygens (including phenoxy) is 1. The molecule has 0 spiro atoms. The van der Waals surface area contributed by atoms with E-state index < -0.39 is 11.9 Å². The van der Waals surface area contributed by atoms with Crippen LogP contribution in [0.3, 0.4) is 0 Å². The lowest BCUT2D eigenvalue weighted by Gasteiger charge is -2.09. The first-order valence-corrected chi connectivity index (χ1v) is 5.67. The Morgan fingerprint density at radius 1 is 1.47 bits per heavy atom. The molecule has 0 aliphatic heterocycles. The molecule has 0 saturated heterocycles. The fourth-order valence-corrected chi connectivity index (χ4v) is 1.74. The van der Waals surface area contributed by atoms with Gasteiger partial charge in [-0.25, -0.2) is 4.79 Å². The molecule has 1 amide bonds. The second kappa shape index (κ2) is 6.24. The first kappa shape index (κ1) is 13.5. The Bertz CT molecular complexity index is 433. The average molecular weight is 302 g/mol. The summed E-state index contributed by atoms with van der Waals surface area (Å²) in [5.41, 5.74) is 0.896. The lowest BCUT2D eigenvalue weighted by Crippen LogP contribution is -2.32. The van der Waals surface area contributed by atoms with Crippen LogP contribution >= 0.6 is 15.9 Å². The van der Waals surface area contributed by atoms with Gasteiger partial charge >= 0.3 is 11.9 Å². The summed E-state index contributed by atoms with van der Waals surface area (Å²) in [7, 11) is 1.56. The lowest BCUT2D eigenvalue weighted by atomic mass is 10.1. The predicted molar refractivity (Wildman–Crippen MR) is 65.0 cm³/mol. The van der Waals surface area contributed by atoms with Crippen molar-refractivity contribution in [2.24, 2.45) is 0 Å². The number of methoxy groups -OCH3 is 1. The number of hydrogen-bond donors (Lipinski definition) is 2. The molecule has 0 fully saturated rings. The van der Waals surface area contributed by atoms with Crippen LogP contribution in [0.5, 0.6) is 5.75 Å². The maximum Gasteiger partial charge on any atom is 0.394 e. The topological polar surface area (TPSA) is 75.6 Å². The average Bonchev–Trinajstić information content (AvgIpc) is 2.29. The van der Waals surface area contributed by atoms with Gasteiger partial charge in [0.1, 0.15) is 5.75 Å². The Kier molecular flexibility index (Phi) is 4.96. The van der Waals surface area contributed by atoms with Crippen molar-refractivity contribution >= 4 is 27.8 Å². The van der Waals surface area contributed by atoms with E-state index in [1.54, 1.807) is 13.2 Å². The number of rotatable bonds is 4. The summed E-state index contributed by atoms with van der Waals surface area (Å²) in [6, 6.07) is 5.52. The summed E-state index contributed by atoms with van der Waals surface area (Å²) in [6.45, 7) is 0.248. The highest BCUT2D eigenvalue weighted by Crippen LogP contribution is 2.22. The van der Waals surface area contributed by atoms with Crippen LogP contribution in [0.15, 0.2) is 22.7 Å². The van der Waals surface area contributed by atoms with Crippen molar-refractivity contribution in [3.8, 4) is 5.75 Å². The molecule has 6 heteroatoms. The first-order chi connectivity index (χ1) is 8.04. The number of benzene rings is 1. The summed E-state index contributed by atoms with van der Waals surface area (Å²) >= 11 is 3.33. The number of hydrogen-bond acceptors (Lipinski definition) is 3. The minimum Gasteiger partial charge on any atom is -0.496 e. The number of carbonyl (C=O) groups is 2. The van der Waals surface area contributed by atoms with Crippen molar-refractivity contribution in [2.75, 3.05) is 13.7 Å². The van der Waals surface area contributed by atoms with Crippen LogP contribution in [0.4, 0.5) is 0 Å². The Balaban J connectivity index is 2.59. The van der Waals surface area contributed by atoms with Gasteiger partial charge < -0.3 is 15.2 Å². The molecule has 5 nitrogen and oxygen atoms in total. The monoisotopic (exact) mass is 301 g/mol. The van der Waals surface area contributed by atoms with Crippen LogP contribution in [-0.4, -0.2) is 30.6 Å². The molecule has 92 valence electrons. The SMILES string of the molecule is COc1ccc(Br)cc1CCNC(=O)C(=O)O. The van der Waals surface area contributed by atoms with Gasteiger partial charge in [0.2, 0.25) is 0 Å². The van der Waals surface area contributed by atoms with Gasteiger partial charge in [0, 0.05) is 11.0 Å². The van der Waals surface area contributed by atoms with Crippen LogP contribution in [-0.2, 0) is 16.0 Å². The third-order valence-corrected chi connectivity index (χ3v) is 2.61. The first-order valence-electron chi connectivity index (χ1n) is 4.88. The summed E-state index contributed by atoms with van der Waals surface area (Å²) in [5.74, 6) is -1.78. The van der Waals surface area contributed by atoms with Gasteiger partial charge in [0.25, 0.3) is 0 Å². The molecule has 1 rings (SSSR count). The van der Waals surface area contributed by atoms with Crippen LogP contribution in [0.1, 0.15) is 5.56 Å². The normalized spacial score (nSPS) is 9.76. The number of halogens is 1. The number of nitrogens with one attached hydrogen (secondary N) is 1. The highest BCUT2D eigenvalue weighted by molar-refractivity contribution is 9.10. The van der Waals surface area contributed by atoms with Crippen molar-refractivity contribution < 1.29 is 19.4 Å². The summed E-state index contributed by atoms with van der Waals surface area (Å²) < 4.78 is 6.06. The zero-order valence-electron chi connectivity index (χ0n) is 9.20. The van der Waals surface area contributed by atoms with Crippen LogP contribution in [0, 0.1) is 0 Å². The molecule has 17 heavy (non-hydrogen) atoms. The summed E-state index contributed by atoms with van der Waals surface area (Å²) in [4.78, 5) is 21.1. The van der Waals surface area contributed by atoms with Crippen molar-refractivity contribution in [3.63, 3.8) is 0 Å². The van der Waals surface area contributed by atoms with E-state index in [-0.39, 0.29) is 6.54 Å². The molecule has 0 aromatic heterocycles. The minimum atomic E-state index is -1.48. The Labute approximate surface area is 107 Å². The second-order valence-electron chi connectivity index (χ2n) is 3.27. The van der Waals surface area contributed by atoms with Crippen molar-refractivity contribution in [2.45, 2.75) is 6.42 Å². The smallest absolute Gasteiger partial charge is 0.394 e. The van der Waals surface area contributed by atoms with Crippen molar-refractivity contribution in [1.29, 1.82) is 0 Å². The zero-order chi connectivity index (χ0) is 12.8. The molecule has 0 unspecified atom stereocenters. The zero-order valence-corrected chi connectivity index (χ0v) is 10.8. The molecular formula is C11H12BrNO4. The van der Waals surface area contributed by atoms with E-state index in [9.17, 15) is 9.59 Å². The highest BCUT2D eigenvalue weighted by Gasteiger charge is 2.10. The van der Waals surface area contributed by atoms with Crippen molar-refractivity contribution in [1.82, 2.24) is 5.32 Å². The molecule has 0 atom stereocenters. The number of carboxylic acid groups (broad SMARTS) is 1. The fourth-order valence-electron chi connectivity index (χ4n) is 1.33. The van der Waals surface area contributed by atoms with E-state index in [0.29, 0.717) is 12.2 Å². The standard InChI is InChI=1S/C11H12BrNO4/c1-17-9-3-2-8(12)6-7(9)4-5-13-10(14)11(15)16/h2-3,6H,4-5H2,1H3,(H,13,14)(H,15,16). The van der Waals surface area contributed by atoms with Gasteiger partial charge in [-0.1, -0.05) is 15.9 Å². The van der Waals surface area contributed by atoms with Gasteiger partial charge in [0.15, 0.2) is 0 Å². The highest BCUT2D eigenvalue weighted by atomic mass is 79.9. The molecule has 0 saturated carbocycles. The van der Waals surface area contributed by atoms with E-state index in [1.165, 1.54) is 0 Å². The molecule has 0 heterocycles. The Morgan fingerprint density at radius 3 is 2.76 bits per heavy atom. The second-order valence-corrected chi connectivity index (χ2v) is 4.18. The van der Waals surface area contributed by atoms with Gasteiger partial charge in [-0.3, -0.25) is 4.79 Å². The van der Waals surface area contributed by atoms with E-state index in [1.807, 2.05) is 12.1 Å². The lowest BCUT2D eigenvalue weighted by molar-refractivity contribution is -0.150. The summed E-state index contributed by atoms with van der Waals surface area (Å²) in [5, 5.41) is 10.7. The van der Waals surface area contributed by atoms with Crippen LogP contribution in [0.25, 0.3) is 0 Å². The number of carbonyl (C=O) groups excluding carboxylic acids is 1. The Morgan fingerprint density at radius 2 is 2.18 bits per heavy atom. The maximum absolute atomic E-state index is 10.8. The molecule has 2 N–H and O–H groups in total. The van der Waals surface area contributed by atoms with E-state index >= 15 is 0 Å². The fraction of sp³-hybridized carbons (Fsp3) is 0.273. The van der Waals surface area contributed by atoms with E-state index in [2.05, 4.69) is 21.2 Å². The minimum absolute atomic E-state index is 0.248. The summed E-state index contributed by atoms with van der Waals surface area (Å²) in [6.07, 6.45) is 0.502. The van der Waals surface area contributed by atoms with Gasteiger partial charge in [-0.2, -0.15) is 0 Å². The number of carboxylic acids is 1. The quantitative estimate of drug-likeness (QED) is 0.820. The molecule has 1 aromatic rings. The Hall–Kier alpha value is -1.56. The van der Waals surface area contributed by atoms with Gasteiger partial charge in [-0.15, -0.1) is 0 Å². The number of amides is 1. The molecule has 1 aromatic carbocycles. The maximum atomic E-state index is 10.8. The van der Waals surface area contributed by atoms with E-state index in [0.717, 1.165) is 10.0 Å². The molecule has 0 aliphatic carbocycles. The predicted octanol–water partition coefficient (Wildman–Crippen LogP) is 1.20.